The molecule has 0 unspecified atom stereocenters. The summed E-state index contributed by atoms with van der Waals surface area (Å²) < 4.78 is 20.1. The largest absolute Gasteiger partial charge is 0.465 e. The van der Waals surface area contributed by atoms with Crippen molar-refractivity contribution < 1.29 is 42.6 Å². The van der Waals surface area contributed by atoms with Gasteiger partial charge in [0, 0.05) is 12.1 Å². The third kappa shape index (κ3) is 5.68. The molecule has 0 atom stereocenters. The molecule has 0 aliphatic heterocycles. The zero-order valence-electron chi connectivity index (χ0n) is 18.9. The van der Waals surface area contributed by atoms with E-state index in [2.05, 4.69) is 17.2 Å². The van der Waals surface area contributed by atoms with E-state index in [0.717, 1.165) is 14.2 Å². The summed E-state index contributed by atoms with van der Waals surface area (Å²) in [4.78, 5) is 62.2. The van der Waals surface area contributed by atoms with Crippen molar-refractivity contribution in [3.05, 3.63) is 59.4 Å². The molecule has 11 nitrogen and oxygen atoms in total. The van der Waals surface area contributed by atoms with Crippen LogP contribution in [0.1, 0.15) is 48.6 Å². The van der Waals surface area contributed by atoms with Gasteiger partial charge in [0.05, 0.1) is 32.9 Å². The quantitative estimate of drug-likeness (QED) is 0.299. The number of methoxy groups -OCH3 is 2. The average molecular weight is 472 g/mol. The second kappa shape index (κ2) is 12.0. The minimum absolute atomic E-state index is 0.00440. The molecule has 2 N–H and O–H groups in total. The Morgan fingerprint density at radius 3 is 2.24 bits per heavy atom. The number of hydrogen-bond donors (Lipinski definition) is 2. The Balaban J connectivity index is 2.63. The molecule has 0 aliphatic carbocycles. The van der Waals surface area contributed by atoms with E-state index in [4.69, 9.17) is 18.6 Å². The molecule has 0 bridgehead atoms. The SMILES string of the molecule is C=CCNC(=O)CNC(=O)c1ccccc1-c1oc(C(=O)OCC)c(C(=O)OC)c1C(=O)OC. The number of nitrogens with one attached hydrogen (secondary N) is 2. The summed E-state index contributed by atoms with van der Waals surface area (Å²) >= 11 is 0. The van der Waals surface area contributed by atoms with Gasteiger partial charge in [-0.3, -0.25) is 9.59 Å². The van der Waals surface area contributed by atoms with Crippen molar-refractivity contribution in [3.63, 3.8) is 0 Å². The Morgan fingerprint density at radius 1 is 0.971 bits per heavy atom. The third-order valence-electron chi connectivity index (χ3n) is 4.42. The minimum atomic E-state index is -1.04. The first-order valence-electron chi connectivity index (χ1n) is 10.1. The first-order valence-corrected chi connectivity index (χ1v) is 10.1. The summed E-state index contributed by atoms with van der Waals surface area (Å²) in [5.41, 5.74) is -0.847. The van der Waals surface area contributed by atoms with Crippen LogP contribution in [0.5, 0.6) is 0 Å². The van der Waals surface area contributed by atoms with Gasteiger partial charge in [-0.1, -0.05) is 24.3 Å². The van der Waals surface area contributed by atoms with Crippen LogP contribution >= 0.6 is 0 Å². The molecule has 34 heavy (non-hydrogen) atoms. The first-order chi connectivity index (χ1) is 16.3. The molecule has 0 saturated carbocycles. The Morgan fingerprint density at radius 2 is 1.62 bits per heavy atom. The van der Waals surface area contributed by atoms with Crippen LogP contribution in [0.3, 0.4) is 0 Å². The van der Waals surface area contributed by atoms with E-state index in [1.807, 2.05) is 0 Å². The number of ether oxygens (including phenoxy) is 3. The van der Waals surface area contributed by atoms with Crippen molar-refractivity contribution in [2.45, 2.75) is 6.92 Å². The van der Waals surface area contributed by atoms with Crippen molar-refractivity contribution in [1.29, 1.82) is 0 Å². The van der Waals surface area contributed by atoms with Crippen molar-refractivity contribution in [2.24, 2.45) is 0 Å². The van der Waals surface area contributed by atoms with Gasteiger partial charge in [0.1, 0.15) is 11.1 Å². The molecular formula is C23H24N2O9. The lowest BCUT2D eigenvalue weighted by molar-refractivity contribution is -0.119. The highest BCUT2D eigenvalue weighted by Gasteiger charge is 2.36. The van der Waals surface area contributed by atoms with E-state index in [1.54, 1.807) is 19.1 Å². The monoisotopic (exact) mass is 472 g/mol. The summed E-state index contributed by atoms with van der Waals surface area (Å²) in [6, 6.07) is 5.95. The molecule has 11 heteroatoms. The van der Waals surface area contributed by atoms with E-state index >= 15 is 0 Å². The Kier molecular flexibility index (Phi) is 9.12. The molecule has 0 aliphatic rings. The molecule has 180 valence electrons. The zero-order valence-corrected chi connectivity index (χ0v) is 18.9. The number of esters is 3. The summed E-state index contributed by atoms with van der Waals surface area (Å²) in [5.74, 6) is -5.04. The predicted molar refractivity (Wildman–Crippen MR) is 118 cm³/mol. The molecular weight excluding hydrogens is 448 g/mol. The fourth-order valence-corrected chi connectivity index (χ4v) is 2.94. The van der Waals surface area contributed by atoms with E-state index in [-0.39, 0.29) is 36.6 Å². The van der Waals surface area contributed by atoms with Crippen LogP contribution in [-0.2, 0) is 19.0 Å². The molecule has 0 spiro atoms. The van der Waals surface area contributed by atoms with Gasteiger partial charge >= 0.3 is 17.9 Å². The van der Waals surface area contributed by atoms with E-state index in [1.165, 1.54) is 18.2 Å². The first kappa shape index (κ1) is 25.8. The van der Waals surface area contributed by atoms with Crippen molar-refractivity contribution in [1.82, 2.24) is 10.6 Å². The molecule has 1 heterocycles. The van der Waals surface area contributed by atoms with Crippen LogP contribution in [0.15, 0.2) is 41.3 Å². The molecule has 0 saturated heterocycles. The molecule has 0 fully saturated rings. The van der Waals surface area contributed by atoms with E-state index < -0.39 is 46.6 Å². The molecule has 2 amide bonds. The summed E-state index contributed by atoms with van der Waals surface area (Å²) in [5, 5.41) is 4.97. The Labute approximate surface area is 195 Å². The second-order valence-electron chi connectivity index (χ2n) is 6.53. The molecule has 1 aromatic heterocycles. The van der Waals surface area contributed by atoms with Gasteiger partial charge in [0.15, 0.2) is 5.76 Å². The topological polar surface area (TPSA) is 150 Å². The van der Waals surface area contributed by atoms with Crippen LogP contribution in [0.2, 0.25) is 0 Å². The number of amides is 2. The van der Waals surface area contributed by atoms with Gasteiger partial charge in [0.2, 0.25) is 11.7 Å². The number of rotatable bonds is 10. The molecule has 2 rings (SSSR count). The summed E-state index contributed by atoms with van der Waals surface area (Å²) in [6.07, 6.45) is 1.49. The second-order valence-corrected chi connectivity index (χ2v) is 6.53. The Bertz CT molecular complexity index is 1120. The van der Waals surface area contributed by atoms with E-state index in [0.29, 0.717) is 0 Å². The van der Waals surface area contributed by atoms with Gasteiger partial charge in [-0.05, 0) is 13.0 Å². The van der Waals surface area contributed by atoms with Crippen molar-refractivity contribution >= 4 is 29.7 Å². The molecule has 1 aromatic carbocycles. The molecule has 0 radical (unpaired) electrons. The van der Waals surface area contributed by atoms with Crippen LogP contribution in [0.4, 0.5) is 0 Å². The summed E-state index contributed by atoms with van der Waals surface area (Å²) in [7, 11) is 2.13. The zero-order chi connectivity index (χ0) is 25.3. The highest BCUT2D eigenvalue weighted by Crippen LogP contribution is 2.35. The maximum Gasteiger partial charge on any atom is 0.375 e. The number of hydrogen-bond acceptors (Lipinski definition) is 9. The van der Waals surface area contributed by atoms with Crippen LogP contribution in [0, 0.1) is 0 Å². The van der Waals surface area contributed by atoms with Gasteiger partial charge < -0.3 is 29.3 Å². The highest BCUT2D eigenvalue weighted by atomic mass is 16.6. The van der Waals surface area contributed by atoms with Crippen LogP contribution < -0.4 is 10.6 Å². The highest BCUT2D eigenvalue weighted by molar-refractivity contribution is 6.14. The maximum atomic E-state index is 12.8. The number of furan rings is 1. The predicted octanol–water partition coefficient (Wildman–Crippen LogP) is 1.73. The van der Waals surface area contributed by atoms with Crippen molar-refractivity contribution in [3.8, 4) is 11.3 Å². The fraction of sp³-hybridized carbons (Fsp3) is 0.261. The summed E-state index contributed by atoms with van der Waals surface area (Å²) in [6.45, 7) is 4.90. The van der Waals surface area contributed by atoms with Gasteiger partial charge in [0.25, 0.3) is 5.91 Å². The standard InChI is InChI=1S/C23H24N2O9/c1-5-11-24-15(26)12-25-20(27)14-10-8-7-9-13(14)18-16(21(28)31-3)17(22(29)32-4)19(34-18)23(30)33-6-2/h5,7-10H,1,6,11-12H2,2-4H3,(H,24,26)(H,25,27). The fourth-order valence-electron chi connectivity index (χ4n) is 2.94. The van der Waals surface area contributed by atoms with Gasteiger partial charge in [-0.2, -0.15) is 0 Å². The van der Waals surface area contributed by atoms with E-state index in [9.17, 15) is 24.0 Å². The smallest absolute Gasteiger partial charge is 0.375 e. The van der Waals surface area contributed by atoms with Gasteiger partial charge in [-0.15, -0.1) is 6.58 Å². The number of carbonyl (C=O) groups is 5. The number of benzene rings is 1. The third-order valence-corrected chi connectivity index (χ3v) is 4.42. The lowest BCUT2D eigenvalue weighted by Gasteiger charge is -2.10. The average Bonchev–Trinajstić information content (AvgIpc) is 3.25. The minimum Gasteiger partial charge on any atom is -0.465 e. The Hall–Kier alpha value is -4.41. The maximum absolute atomic E-state index is 12.8. The number of carbonyl (C=O) groups excluding carboxylic acids is 5. The van der Waals surface area contributed by atoms with Gasteiger partial charge in [-0.25, -0.2) is 14.4 Å². The molecule has 2 aromatic rings. The lowest BCUT2D eigenvalue weighted by atomic mass is 9.99. The lowest BCUT2D eigenvalue weighted by Crippen LogP contribution is -2.37. The van der Waals surface area contributed by atoms with Crippen LogP contribution in [-0.4, -0.2) is 63.6 Å². The normalized spacial score (nSPS) is 10.1. The van der Waals surface area contributed by atoms with Crippen molar-refractivity contribution in [2.75, 3.05) is 33.9 Å². The van der Waals surface area contributed by atoms with Crippen LogP contribution in [0.25, 0.3) is 11.3 Å².